The van der Waals surface area contributed by atoms with Crippen molar-refractivity contribution in [2.45, 2.75) is 13.3 Å². The van der Waals surface area contributed by atoms with Crippen molar-refractivity contribution in [3.63, 3.8) is 0 Å². The lowest BCUT2D eigenvalue weighted by Crippen LogP contribution is -2.52. The van der Waals surface area contributed by atoms with Gasteiger partial charge in [0.2, 0.25) is 0 Å². The van der Waals surface area contributed by atoms with Gasteiger partial charge < -0.3 is 0 Å². The van der Waals surface area contributed by atoms with Crippen LogP contribution in [0.4, 0.5) is 0 Å². The van der Waals surface area contributed by atoms with Crippen LogP contribution >= 0.6 is 0 Å². The van der Waals surface area contributed by atoms with Crippen LogP contribution in [-0.4, -0.2) is 30.3 Å². The van der Waals surface area contributed by atoms with E-state index in [2.05, 4.69) is 11.8 Å². The molecular weight excluding hydrogens is 126 g/mol. The van der Waals surface area contributed by atoms with E-state index in [1.165, 1.54) is 0 Å². The summed E-state index contributed by atoms with van der Waals surface area (Å²) in [4.78, 5) is 13.5. The molecule has 3 aliphatic rings. The zero-order valence-electron chi connectivity index (χ0n) is 6.34. The lowest BCUT2D eigenvalue weighted by molar-refractivity contribution is -0.133. The first-order chi connectivity index (χ1) is 4.77. The Morgan fingerprint density at radius 3 is 2.80 bits per heavy atom. The molecule has 0 radical (unpaired) electrons. The fourth-order valence-corrected chi connectivity index (χ4v) is 2.19. The molecule has 3 rings (SSSR count). The number of rotatable bonds is 0. The minimum absolute atomic E-state index is 0.407. The van der Waals surface area contributed by atoms with Crippen LogP contribution in [0.25, 0.3) is 0 Å². The number of piperidine rings is 3. The number of nitrogens with zero attached hydrogens (tertiary/aromatic N) is 1. The number of hydrogen-bond donors (Lipinski definition) is 0. The summed E-state index contributed by atoms with van der Waals surface area (Å²) in [6.07, 6.45) is 1.11. The molecule has 3 heterocycles. The van der Waals surface area contributed by atoms with Gasteiger partial charge >= 0.3 is 0 Å². The molecule has 0 saturated carbocycles. The molecule has 0 aromatic heterocycles. The summed E-state index contributed by atoms with van der Waals surface area (Å²) in [6.45, 7) is 5.22. The fourth-order valence-electron chi connectivity index (χ4n) is 2.19. The number of fused-ring (bicyclic) bond motifs is 3. The second-order valence-electron chi connectivity index (χ2n) is 3.57. The molecule has 0 aromatic carbocycles. The van der Waals surface area contributed by atoms with Crippen LogP contribution < -0.4 is 0 Å². The third-order valence-electron chi connectivity index (χ3n) is 2.78. The molecule has 2 bridgehead atoms. The van der Waals surface area contributed by atoms with E-state index in [0.29, 0.717) is 17.6 Å². The molecule has 0 aliphatic carbocycles. The van der Waals surface area contributed by atoms with Crippen LogP contribution in [0.3, 0.4) is 0 Å². The summed E-state index contributed by atoms with van der Waals surface area (Å²) in [5.41, 5.74) is 0. The van der Waals surface area contributed by atoms with E-state index < -0.39 is 0 Å². The Morgan fingerprint density at radius 1 is 1.60 bits per heavy atom. The van der Waals surface area contributed by atoms with E-state index in [4.69, 9.17) is 0 Å². The SMILES string of the molecule is C[C@H]1CN2CC[C@H]1C(=O)C2. The molecule has 10 heavy (non-hydrogen) atoms. The molecule has 3 saturated heterocycles. The first-order valence-corrected chi connectivity index (χ1v) is 4.02. The van der Waals surface area contributed by atoms with Crippen molar-refractivity contribution in [1.29, 1.82) is 0 Å². The van der Waals surface area contributed by atoms with Crippen LogP contribution in [0.5, 0.6) is 0 Å². The second-order valence-corrected chi connectivity index (χ2v) is 3.57. The van der Waals surface area contributed by atoms with Crippen molar-refractivity contribution in [3.05, 3.63) is 0 Å². The Hall–Kier alpha value is -0.370. The summed E-state index contributed by atoms with van der Waals surface area (Å²) in [7, 11) is 0. The van der Waals surface area contributed by atoms with Gasteiger partial charge in [0.25, 0.3) is 0 Å². The van der Waals surface area contributed by atoms with Crippen LogP contribution in [0.15, 0.2) is 0 Å². The van der Waals surface area contributed by atoms with Gasteiger partial charge in [0.1, 0.15) is 5.78 Å². The minimum atomic E-state index is 0.407. The lowest BCUT2D eigenvalue weighted by atomic mass is 9.79. The van der Waals surface area contributed by atoms with Crippen molar-refractivity contribution in [2.75, 3.05) is 19.6 Å². The van der Waals surface area contributed by atoms with Gasteiger partial charge in [0, 0.05) is 12.5 Å². The van der Waals surface area contributed by atoms with Crippen LogP contribution in [0.1, 0.15) is 13.3 Å². The monoisotopic (exact) mass is 139 g/mol. The van der Waals surface area contributed by atoms with Gasteiger partial charge in [-0.1, -0.05) is 6.92 Å². The molecule has 56 valence electrons. The van der Waals surface area contributed by atoms with Crippen molar-refractivity contribution < 1.29 is 4.79 Å². The van der Waals surface area contributed by atoms with Crippen molar-refractivity contribution >= 4 is 5.78 Å². The van der Waals surface area contributed by atoms with E-state index in [1.807, 2.05) is 0 Å². The van der Waals surface area contributed by atoms with E-state index >= 15 is 0 Å². The summed E-state index contributed by atoms with van der Waals surface area (Å²) in [5, 5.41) is 0. The number of ketones is 1. The van der Waals surface area contributed by atoms with Crippen molar-refractivity contribution in [3.8, 4) is 0 Å². The molecule has 3 atom stereocenters. The highest BCUT2D eigenvalue weighted by Crippen LogP contribution is 2.28. The average molecular weight is 139 g/mol. The highest BCUT2D eigenvalue weighted by molar-refractivity contribution is 5.84. The van der Waals surface area contributed by atoms with Gasteiger partial charge in [0.05, 0.1) is 6.54 Å². The van der Waals surface area contributed by atoms with Gasteiger partial charge in [-0.2, -0.15) is 0 Å². The molecule has 3 aliphatic heterocycles. The van der Waals surface area contributed by atoms with Crippen LogP contribution in [0, 0.1) is 11.8 Å². The zero-order chi connectivity index (χ0) is 7.14. The van der Waals surface area contributed by atoms with E-state index in [0.717, 1.165) is 26.1 Å². The largest absolute Gasteiger partial charge is 0.298 e. The predicted octanol–water partition coefficient (Wildman–Crippen LogP) is 0.527. The van der Waals surface area contributed by atoms with Gasteiger partial charge in [-0.15, -0.1) is 0 Å². The van der Waals surface area contributed by atoms with Crippen LogP contribution in [-0.2, 0) is 4.79 Å². The van der Waals surface area contributed by atoms with Crippen LogP contribution in [0.2, 0.25) is 0 Å². The van der Waals surface area contributed by atoms with Gasteiger partial charge in [-0.25, -0.2) is 0 Å². The molecule has 2 nitrogen and oxygen atoms in total. The predicted molar refractivity (Wildman–Crippen MR) is 38.7 cm³/mol. The summed E-state index contributed by atoms with van der Waals surface area (Å²) in [6, 6.07) is 0. The quantitative estimate of drug-likeness (QED) is 0.488. The zero-order valence-corrected chi connectivity index (χ0v) is 6.34. The molecule has 1 unspecified atom stereocenters. The Morgan fingerprint density at radius 2 is 2.40 bits per heavy atom. The Labute approximate surface area is 61.2 Å². The first-order valence-electron chi connectivity index (χ1n) is 4.02. The highest BCUT2D eigenvalue weighted by Gasteiger charge is 2.37. The minimum Gasteiger partial charge on any atom is -0.298 e. The maximum absolute atomic E-state index is 11.2. The van der Waals surface area contributed by atoms with Crippen molar-refractivity contribution in [1.82, 2.24) is 4.90 Å². The summed E-state index contributed by atoms with van der Waals surface area (Å²) in [5.74, 6) is 1.50. The fraction of sp³-hybridized carbons (Fsp3) is 0.875. The third kappa shape index (κ3) is 0.788. The molecule has 2 heteroatoms. The highest BCUT2D eigenvalue weighted by atomic mass is 16.1. The number of carbonyl (C=O) groups excluding carboxylic acids is 1. The standard InChI is InChI=1S/C8H13NO/c1-6-4-9-3-2-7(6)8(10)5-9/h6-7H,2-5H2,1H3/t6-,7+/m0/s1. The topological polar surface area (TPSA) is 20.3 Å². The maximum atomic E-state index is 11.2. The Kier molecular flexibility index (Phi) is 1.31. The second kappa shape index (κ2) is 2.06. The van der Waals surface area contributed by atoms with E-state index in [1.54, 1.807) is 0 Å². The normalized spacial score (nSPS) is 46.1. The van der Waals surface area contributed by atoms with Gasteiger partial charge in [-0.3, -0.25) is 9.69 Å². The maximum Gasteiger partial charge on any atom is 0.150 e. The molecule has 0 amide bonds. The Balaban J connectivity index is 2.18. The number of Topliss-reactive ketones (excluding diaryl/α,β-unsaturated/α-hetero) is 1. The molecule has 3 fully saturated rings. The first kappa shape index (κ1) is 6.35. The number of hydrogen-bond acceptors (Lipinski definition) is 2. The van der Waals surface area contributed by atoms with E-state index in [9.17, 15) is 4.79 Å². The molecular formula is C8H13NO. The number of carbonyl (C=O) groups is 1. The molecule has 0 spiro atoms. The van der Waals surface area contributed by atoms with E-state index in [-0.39, 0.29) is 0 Å². The third-order valence-corrected chi connectivity index (χ3v) is 2.78. The molecule has 0 aromatic rings. The smallest absolute Gasteiger partial charge is 0.150 e. The Bertz CT molecular complexity index is 167. The van der Waals surface area contributed by atoms with Gasteiger partial charge in [-0.05, 0) is 18.9 Å². The lowest BCUT2D eigenvalue weighted by Gasteiger charge is -2.42. The molecule has 0 N–H and O–H groups in total. The average Bonchev–Trinajstić information content (AvgIpc) is 1.86. The summed E-state index contributed by atoms with van der Waals surface area (Å²) < 4.78 is 0. The van der Waals surface area contributed by atoms with Crippen molar-refractivity contribution in [2.24, 2.45) is 11.8 Å². The summed E-state index contributed by atoms with van der Waals surface area (Å²) >= 11 is 0. The van der Waals surface area contributed by atoms with Gasteiger partial charge in [0.15, 0.2) is 0 Å².